The van der Waals surface area contributed by atoms with E-state index in [1.165, 1.54) is 12.1 Å². The van der Waals surface area contributed by atoms with Gasteiger partial charge in [-0.3, -0.25) is 4.72 Å². The van der Waals surface area contributed by atoms with Crippen LogP contribution in [0.1, 0.15) is 5.56 Å². The fourth-order valence-corrected chi connectivity index (χ4v) is 3.87. The second-order valence-corrected chi connectivity index (χ2v) is 7.47. The summed E-state index contributed by atoms with van der Waals surface area (Å²) in [6.45, 7) is 0. The van der Waals surface area contributed by atoms with Gasteiger partial charge in [0.25, 0.3) is 10.0 Å². The van der Waals surface area contributed by atoms with Gasteiger partial charge in [-0.1, -0.05) is 42.0 Å². The van der Waals surface area contributed by atoms with Gasteiger partial charge in [0.2, 0.25) is 0 Å². The highest BCUT2D eigenvalue weighted by Gasteiger charge is 2.20. The van der Waals surface area contributed by atoms with Crippen LogP contribution >= 0.6 is 39.7 Å². The zero-order valence-corrected chi connectivity index (χ0v) is 14.5. The fourth-order valence-electron chi connectivity index (χ4n) is 1.68. The van der Waals surface area contributed by atoms with Crippen molar-refractivity contribution in [2.45, 2.75) is 4.90 Å². The molecule has 0 aromatic heterocycles. The highest BCUT2D eigenvalue weighted by atomic mass is 79.9. The van der Waals surface area contributed by atoms with Crippen LogP contribution in [-0.2, 0) is 10.0 Å². The number of halogens is 2. The molecular weight excluding hydrogens is 396 g/mol. The maximum Gasteiger partial charge on any atom is 0.262 e. The van der Waals surface area contributed by atoms with Crippen LogP contribution in [0.15, 0.2) is 51.8 Å². The Kier molecular flexibility index (Phi) is 4.88. The number of thiocarbonyl (C=S) groups is 1. The normalized spacial score (nSPS) is 11.1. The van der Waals surface area contributed by atoms with E-state index < -0.39 is 10.0 Å². The van der Waals surface area contributed by atoms with Gasteiger partial charge in [0.05, 0.1) is 10.6 Å². The minimum atomic E-state index is -3.83. The van der Waals surface area contributed by atoms with Gasteiger partial charge in [-0.15, -0.1) is 0 Å². The van der Waals surface area contributed by atoms with Crippen LogP contribution in [0.2, 0.25) is 5.02 Å². The summed E-state index contributed by atoms with van der Waals surface area (Å²) in [5, 5.41) is 0.415. The predicted molar refractivity (Wildman–Crippen MR) is 92.3 cm³/mol. The molecule has 2 aromatic carbocycles. The number of benzene rings is 2. The Morgan fingerprint density at radius 1 is 1.24 bits per heavy atom. The highest BCUT2D eigenvalue weighted by Crippen LogP contribution is 2.28. The molecule has 0 atom stereocenters. The van der Waals surface area contributed by atoms with Gasteiger partial charge in [-0.25, -0.2) is 8.42 Å². The quantitative estimate of drug-likeness (QED) is 0.763. The molecule has 0 bridgehead atoms. The van der Waals surface area contributed by atoms with Crippen LogP contribution in [0, 0.1) is 0 Å². The number of nitrogens with two attached hydrogens (primary N) is 1. The van der Waals surface area contributed by atoms with Crippen LogP contribution in [0.3, 0.4) is 0 Å². The monoisotopic (exact) mass is 404 g/mol. The molecule has 0 aliphatic rings. The van der Waals surface area contributed by atoms with Crippen molar-refractivity contribution in [2.24, 2.45) is 5.73 Å². The average molecular weight is 406 g/mol. The van der Waals surface area contributed by atoms with Crippen LogP contribution in [0.4, 0.5) is 5.69 Å². The van der Waals surface area contributed by atoms with E-state index >= 15 is 0 Å². The Morgan fingerprint density at radius 2 is 1.90 bits per heavy atom. The molecule has 0 amide bonds. The van der Waals surface area contributed by atoms with Crippen molar-refractivity contribution in [3.05, 3.63) is 57.5 Å². The predicted octanol–water partition coefficient (Wildman–Crippen LogP) is 3.54. The molecule has 0 unspecified atom stereocenters. The van der Waals surface area contributed by atoms with Gasteiger partial charge in [0, 0.05) is 15.1 Å². The summed E-state index contributed by atoms with van der Waals surface area (Å²) < 4.78 is 28.0. The van der Waals surface area contributed by atoms with Gasteiger partial charge in [-0.05, 0) is 40.2 Å². The van der Waals surface area contributed by atoms with E-state index in [0.717, 1.165) is 0 Å². The number of hydrogen-bond donors (Lipinski definition) is 2. The van der Waals surface area contributed by atoms with Crippen molar-refractivity contribution in [3.8, 4) is 0 Å². The smallest absolute Gasteiger partial charge is 0.262 e. The number of anilines is 1. The average Bonchev–Trinajstić information content (AvgIpc) is 2.42. The maximum atomic E-state index is 12.5. The summed E-state index contributed by atoms with van der Waals surface area (Å²) in [6, 6.07) is 11.1. The van der Waals surface area contributed by atoms with Crippen molar-refractivity contribution in [1.29, 1.82) is 0 Å². The van der Waals surface area contributed by atoms with Crippen LogP contribution in [0.25, 0.3) is 0 Å². The lowest BCUT2D eigenvalue weighted by Crippen LogP contribution is -2.19. The SMILES string of the molecule is NC(=S)c1ccccc1S(=O)(=O)Nc1cc(Cl)ccc1Br. The van der Waals surface area contributed by atoms with E-state index in [1.54, 1.807) is 30.3 Å². The summed E-state index contributed by atoms with van der Waals surface area (Å²) in [5.41, 5.74) is 6.19. The van der Waals surface area contributed by atoms with Crippen LogP contribution in [-0.4, -0.2) is 13.4 Å². The van der Waals surface area contributed by atoms with Crippen molar-refractivity contribution >= 4 is 60.4 Å². The molecule has 110 valence electrons. The Bertz CT molecular complexity index is 810. The first-order valence-corrected chi connectivity index (χ1v) is 8.74. The molecule has 0 aliphatic heterocycles. The van der Waals surface area contributed by atoms with Crippen molar-refractivity contribution < 1.29 is 8.42 Å². The summed E-state index contributed by atoms with van der Waals surface area (Å²) in [6.07, 6.45) is 0. The lowest BCUT2D eigenvalue weighted by Gasteiger charge is -2.12. The molecular formula is C13H10BrClN2O2S2. The zero-order valence-electron chi connectivity index (χ0n) is 10.5. The van der Waals surface area contributed by atoms with Gasteiger partial charge in [0.1, 0.15) is 4.99 Å². The number of hydrogen-bond acceptors (Lipinski definition) is 3. The third-order valence-electron chi connectivity index (χ3n) is 2.61. The second-order valence-electron chi connectivity index (χ2n) is 4.09. The number of rotatable bonds is 4. The topological polar surface area (TPSA) is 72.2 Å². The largest absolute Gasteiger partial charge is 0.389 e. The minimum Gasteiger partial charge on any atom is -0.389 e. The summed E-state index contributed by atoms with van der Waals surface area (Å²) in [5.74, 6) is 0. The molecule has 0 saturated heterocycles. The van der Waals surface area contributed by atoms with Gasteiger partial charge >= 0.3 is 0 Å². The molecule has 0 saturated carbocycles. The molecule has 4 nitrogen and oxygen atoms in total. The summed E-state index contributed by atoms with van der Waals surface area (Å²) in [7, 11) is -3.83. The number of nitrogens with one attached hydrogen (secondary N) is 1. The molecule has 0 fully saturated rings. The second kappa shape index (κ2) is 6.31. The van der Waals surface area contributed by atoms with Crippen LogP contribution < -0.4 is 10.5 Å². The molecule has 0 heterocycles. The molecule has 2 rings (SSSR count). The van der Waals surface area contributed by atoms with E-state index in [4.69, 9.17) is 29.6 Å². The van der Waals surface area contributed by atoms with Crippen LogP contribution in [0.5, 0.6) is 0 Å². The summed E-state index contributed by atoms with van der Waals surface area (Å²) in [4.78, 5) is 0.0329. The van der Waals surface area contributed by atoms with Gasteiger partial charge in [0.15, 0.2) is 0 Å². The van der Waals surface area contributed by atoms with E-state index in [9.17, 15) is 8.42 Å². The fraction of sp³-hybridized carbons (Fsp3) is 0. The molecule has 3 N–H and O–H groups in total. The van der Waals surface area contributed by atoms with E-state index in [0.29, 0.717) is 15.2 Å². The number of sulfonamides is 1. The Morgan fingerprint density at radius 3 is 2.57 bits per heavy atom. The molecule has 2 aromatic rings. The first-order chi connectivity index (χ1) is 9.81. The molecule has 0 spiro atoms. The van der Waals surface area contributed by atoms with Crippen molar-refractivity contribution in [3.63, 3.8) is 0 Å². The maximum absolute atomic E-state index is 12.5. The third-order valence-corrected chi connectivity index (χ3v) is 5.18. The molecule has 0 aliphatic carbocycles. The first-order valence-electron chi connectivity index (χ1n) is 5.68. The third kappa shape index (κ3) is 3.74. The Hall–Kier alpha value is -1.15. The van der Waals surface area contributed by atoms with E-state index in [-0.39, 0.29) is 15.4 Å². The first kappa shape index (κ1) is 16.2. The van der Waals surface area contributed by atoms with Gasteiger partial charge in [-0.2, -0.15) is 0 Å². The Balaban J connectivity index is 2.49. The highest BCUT2D eigenvalue weighted by molar-refractivity contribution is 9.10. The molecule has 8 heteroatoms. The van der Waals surface area contributed by atoms with E-state index in [1.807, 2.05) is 0 Å². The Labute approximate surface area is 141 Å². The molecule has 21 heavy (non-hydrogen) atoms. The summed E-state index contributed by atoms with van der Waals surface area (Å²) >= 11 is 14.0. The van der Waals surface area contributed by atoms with E-state index in [2.05, 4.69) is 20.7 Å². The minimum absolute atomic E-state index is 0.0149. The zero-order chi connectivity index (χ0) is 15.6. The lowest BCUT2D eigenvalue weighted by molar-refractivity contribution is 0.601. The van der Waals surface area contributed by atoms with Crippen molar-refractivity contribution in [1.82, 2.24) is 0 Å². The lowest BCUT2D eigenvalue weighted by atomic mass is 10.2. The van der Waals surface area contributed by atoms with Gasteiger partial charge < -0.3 is 5.73 Å². The molecule has 0 radical (unpaired) electrons. The van der Waals surface area contributed by atoms with Crippen molar-refractivity contribution in [2.75, 3.05) is 4.72 Å². The standard InChI is InChI=1S/C13H10BrClN2O2S2/c14-10-6-5-8(15)7-11(10)17-21(18,19)12-4-2-1-3-9(12)13(16)20/h1-7,17H,(H2,16,20).